The molecule has 0 fully saturated rings. The minimum Gasteiger partial charge on any atom is -0.412 e. The van der Waals surface area contributed by atoms with Crippen LogP contribution in [0.25, 0.3) is 0 Å². The lowest BCUT2D eigenvalue weighted by Crippen LogP contribution is -1.70. The van der Waals surface area contributed by atoms with Crippen LogP contribution in [-0.4, -0.2) is 5.48 Å². The SMILES string of the molecule is O.O=[PH+]Oc1ccccc1. The Morgan fingerprint density at radius 1 is 1.20 bits per heavy atom. The molecule has 1 aromatic rings. The molecule has 0 saturated carbocycles. The van der Waals surface area contributed by atoms with Crippen molar-refractivity contribution >= 4 is 8.69 Å². The summed E-state index contributed by atoms with van der Waals surface area (Å²) in [6.45, 7) is 0. The highest BCUT2D eigenvalue weighted by Gasteiger charge is 1.92. The van der Waals surface area contributed by atoms with E-state index >= 15 is 0 Å². The van der Waals surface area contributed by atoms with Gasteiger partial charge in [0.25, 0.3) is 0 Å². The zero-order chi connectivity index (χ0) is 6.53. The largest absolute Gasteiger partial charge is 0.542 e. The molecule has 2 N–H and O–H groups in total. The van der Waals surface area contributed by atoms with Crippen molar-refractivity contribution in [2.45, 2.75) is 0 Å². The first-order valence-electron chi connectivity index (χ1n) is 2.52. The van der Waals surface area contributed by atoms with Gasteiger partial charge in [0.2, 0.25) is 0 Å². The predicted molar refractivity (Wildman–Crippen MR) is 39.7 cm³/mol. The Morgan fingerprint density at radius 3 is 2.30 bits per heavy atom. The molecule has 1 atom stereocenters. The van der Waals surface area contributed by atoms with Gasteiger partial charge in [0.05, 0.1) is 0 Å². The second-order valence-corrected chi connectivity index (χ2v) is 1.87. The summed E-state index contributed by atoms with van der Waals surface area (Å²) in [4.78, 5) is 0. The van der Waals surface area contributed by atoms with E-state index in [2.05, 4.69) is 4.52 Å². The van der Waals surface area contributed by atoms with E-state index in [4.69, 9.17) is 0 Å². The highest BCUT2D eigenvalue weighted by Crippen LogP contribution is 2.12. The van der Waals surface area contributed by atoms with Crippen LogP contribution in [0.1, 0.15) is 0 Å². The molecule has 0 aliphatic carbocycles. The van der Waals surface area contributed by atoms with Crippen molar-refractivity contribution in [1.82, 2.24) is 0 Å². The summed E-state index contributed by atoms with van der Waals surface area (Å²) in [6, 6.07) is 9.04. The zero-order valence-corrected chi connectivity index (χ0v) is 6.20. The van der Waals surface area contributed by atoms with Gasteiger partial charge in [0.15, 0.2) is 5.75 Å². The quantitative estimate of drug-likeness (QED) is 0.608. The van der Waals surface area contributed by atoms with Crippen LogP contribution >= 0.6 is 8.69 Å². The van der Waals surface area contributed by atoms with Gasteiger partial charge in [0, 0.05) is 0 Å². The van der Waals surface area contributed by atoms with Crippen LogP contribution in [0.3, 0.4) is 0 Å². The first-order chi connectivity index (χ1) is 4.43. The number of benzene rings is 1. The average Bonchev–Trinajstić information content (AvgIpc) is 1.91. The molecule has 0 heterocycles. The molecule has 4 heteroatoms. The van der Waals surface area contributed by atoms with Gasteiger partial charge in [-0.3, -0.25) is 4.52 Å². The third-order valence-electron chi connectivity index (χ3n) is 0.903. The average molecular weight is 159 g/mol. The van der Waals surface area contributed by atoms with Crippen LogP contribution in [0.15, 0.2) is 30.3 Å². The van der Waals surface area contributed by atoms with E-state index in [0.29, 0.717) is 5.75 Å². The molecular weight excluding hydrogens is 151 g/mol. The normalized spacial score (nSPS) is 8.40. The fraction of sp³-hybridized carbons (Fsp3) is 0. The van der Waals surface area contributed by atoms with Crippen molar-refractivity contribution in [2.24, 2.45) is 0 Å². The summed E-state index contributed by atoms with van der Waals surface area (Å²) in [7, 11) is -0.715. The Bertz CT molecular complexity index is 187. The molecule has 0 saturated heterocycles. The maximum atomic E-state index is 9.90. The van der Waals surface area contributed by atoms with E-state index < -0.39 is 8.69 Å². The minimum atomic E-state index is -0.715. The van der Waals surface area contributed by atoms with Crippen molar-refractivity contribution < 1.29 is 14.6 Å². The molecule has 54 valence electrons. The van der Waals surface area contributed by atoms with E-state index in [-0.39, 0.29) is 5.48 Å². The van der Waals surface area contributed by atoms with Crippen LogP contribution in [0.2, 0.25) is 0 Å². The van der Waals surface area contributed by atoms with Crippen molar-refractivity contribution in [3.8, 4) is 5.75 Å². The van der Waals surface area contributed by atoms with E-state index in [1.165, 1.54) is 0 Å². The molecule has 0 bridgehead atoms. The van der Waals surface area contributed by atoms with E-state index in [1.807, 2.05) is 18.2 Å². The monoisotopic (exact) mass is 159 g/mol. The third kappa shape index (κ3) is 2.58. The summed E-state index contributed by atoms with van der Waals surface area (Å²) in [5.41, 5.74) is 0. The van der Waals surface area contributed by atoms with Gasteiger partial charge in [-0.1, -0.05) is 18.2 Å². The maximum Gasteiger partial charge on any atom is 0.542 e. The Balaban J connectivity index is 0.000000810. The van der Waals surface area contributed by atoms with Gasteiger partial charge in [-0.15, -0.1) is 0 Å². The first kappa shape index (κ1) is 9.08. The molecule has 0 spiro atoms. The van der Waals surface area contributed by atoms with Crippen molar-refractivity contribution in [2.75, 3.05) is 0 Å². The number of para-hydroxylation sites is 1. The fourth-order valence-corrected chi connectivity index (χ4v) is 0.769. The third-order valence-corrected chi connectivity index (χ3v) is 1.22. The number of rotatable bonds is 2. The van der Waals surface area contributed by atoms with Gasteiger partial charge in [-0.05, 0) is 16.7 Å². The zero-order valence-electron chi connectivity index (χ0n) is 5.20. The molecule has 1 unspecified atom stereocenters. The lowest BCUT2D eigenvalue weighted by atomic mass is 10.3. The first-order valence-corrected chi connectivity index (χ1v) is 3.34. The summed E-state index contributed by atoms with van der Waals surface area (Å²) in [6.07, 6.45) is 0. The molecule has 0 aromatic heterocycles. The Hall–Kier alpha value is -0.920. The lowest BCUT2D eigenvalue weighted by molar-refractivity contribution is 0.525. The summed E-state index contributed by atoms with van der Waals surface area (Å²) >= 11 is 0. The van der Waals surface area contributed by atoms with Crippen molar-refractivity contribution in [3.05, 3.63) is 30.3 Å². The Labute approximate surface area is 60.2 Å². The van der Waals surface area contributed by atoms with Gasteiger partial charge in [-0.25, -0.2) is 0 Å². The Morgan fingerprint density at radius 2 is 1.80 bits per heavy atom. The topological polar surface area (TPSA) is 57.8 Å². The molecule has 10 heavy (non-hydrogen) atoms. The van der Waals surface area contributed by atoms with Gasteiger partial charge in [-0.2, -0.15) is 0 Å². The van der Waals surface area contributed by atoms with E-state index in [0.717, 1.165) is 0 Å². The van der Waals surface area contributed by atoms with Gasteiger partial charge < -0.3 is 5.48 Å². The number of hydrogen-bond acceptors (Lipinski definition) is 2. The Kier molecular flexibility index (Phi) is 4.46. The summed E-state index contributed by atoms with van der Waals surface area (Å²) < 4.78 is 14.6. The second kappa shape index (κ2) is 4.91. The van der Waals surface area contributed by atoms with Gasteiger partial charge in [0.1, 0.15) is 0 Å². The molecule has 0 aliphatic heterocycles. The van der Waals surface area contributed by atoms with E-state index in [1.54, 1.807) is 12.1 Å². The molecular formula is C6H8O3P+. The highest BCUT2D eigenvalue weighted by atomic mass is 31.1. The van der Waals surface area contributed by atoms with Crippen LogP contribution in [0.5, 0.6) is 5.75 Å². The lowest BCUT2D eigenvalue weighted by Gasteiger charge is -1.84. The molecule has 0 amide bonds. The minimum absolute atomic E-state index is 0. The second-order valence-electron chi connectivity index (χ2n) is 1.50. The molecule has 0 aliphatic rings. The smallest absolute Gasteiger partial charge is 0.412 e. The maximum absolute atomic E-state index is 9.90. The number of hydrogen-bond donors (Lipinski definition) is 0. The standard InChI is InChI=1S/C6H6O2P.H2O/c7-9-8-6-4-2-1-3-5-6;/h1-5,9H;1H2/q+1;. The van der Waals surface area contributed by atoms with Crippen molar-refractivity contribution in [3.63, 3.8) is 0 Å². The fourth-order valence-electron chi connectivity index (χ4n) is 0.537. The molecule has 0 radical (unpaired) electrons. The van der Waals surface area contributed by atoms with E-state index in [9.17, 15) is 4.57 Å². The van der Waals surface area contributed by atoms with Crippen LogP contribution in [0, 0.1) is 0 Å². The summed E-state index contributed by atoms with van der Waals surface area (Å²) in [5, 5.41) is 0. The predicted octanol–water partition coefficient (Wildman–Crippen LogP) is 1.18. The summed E-state index contributed by atoms with van der Waals surface area (Å²) in [5.74, 6) is 0.644. The molecule has 1 aromatic carbocycles. The van der Waals surface area contributed by atoms with Crippen LogP contribution in [-0.2, 0) is 4.57 Å². The molecule has 1 rings (SSSR count). The van der Waals surface area contributed by atoms with Crippen LogP contribution in [0.4, 0.5) is 0 Å². The van der Waals surface area contributed by atoms with Crippen LogP contribution < -0.4 is 4.52 Å². The highest BCUT2D eigenvalue weighted by molar-refractivity contribution is 7.17. The molecule has 3 nitrogen and oxygen atoms in total. The van der Waals surface area contributed by atoms with Gasteiger partial charge >= 0.3 is 8.69 Å². The van der Waals surface area contributed by atoms with Crippen molar-refractivity contribution in [1.29, 1.82) is 0 Å².